The van der Waals surface area contributed by atoms with Crippen LogP contribution in [0.4, 0.5) is 11.4 Å². The number of amides is 2. The first-order valence-electron chi connectivity index (χ1n) is 8.27. The minimum absolute atomic E-state index is 0.00397. The first-order valence-corrected chi connectivity index (χ1v) is 8.27. The fraction of sp³-hybridized carbons (Fsp3) is 0.300. The summed E-state index contributed by atoms with van der Waals surface area (Å²) in [5, 5.41) is 5.74. The molecule has 0 fully saturated rings. The number of carbonyl (C=O) groups is 2. The van der Waals surface area contributed by atoms with Crippen molar-refractivity contribution >= 4 is 23.2 Å². The first-order chi connectivity index (χ1) is 11.5. The summed E-state index contributed by atoms with van der Waals surface area (Å²) in [5.41, 5.74) is 4.26. The molecule has 0 radical (unpaired) electrons. The van der Waals surface area contributed by atoms with Gasteiger partial charge in [0, 0.05) is 23.4 Å². The smallest absolute Gasteiger partial charge is 0.255 e. The Morgan fingerprint density at radius 1 is 0.875 bits per heavy atom. The van der Waals surface area contributed by atoms with Gasteiger partial charge in [0.1, 0.15) is 0 Å². The van der Waals surface area contributed by atoms with Gasteiger partial charge in [-0.15, -0.1) is 0 Å². The lowest BCUT2D eigenvalue weighted by Crippen LogP contribution is -2.13. The van der Waals surface area contributed by atoms with E-state index in [1.807, 2.05) is 26.0 Å². The van der Waals surface area contributed by atoms with Crippen LogP contribution in [0.3, 0.4) is 0 Å². The number of hydrogen-bond acceptors (Lipinski definition) is 2. The van der Waals surface area contributed by atoms with Crippen molar-refractivity contribution in [3.8, 4) is 0 Å². The zero-order valence-corrected chi connectivity index (χ0v) is 14.5. The SMILES string of the molecule is CCCCC(=O)Nc1ccc(C(=O)Nc2cc(C)cc(C)c2)cc1. The summed E-state index contributed by atoms with van der Waals surface area (Å²) < 4.78 is 0. The molecule has 2 N–H and O–H groups in total. The van der Waals surface area contributed by atoms with Gasteiger partial charge in [-0.3, -0.25) is 9.59 Å². The molecular weight excluding hydrogens is 300 g/mol. The number of aryl methyl sites for hydroxylation is 2. The van der Waals surface area contributed by atoms with Crippen LogP contribution in [0.1, 0.15) is 47.7 Å². The number of rotatable bonds is 6. The maximum absolute atomic E-state index is 12.3. The second-order valence-electron chi connectivity index (χ2n) is 6.06. The maximum atomic E-state index is 12.3. The predicted molar refractivity (Wildman–Crippen MR) is 98.5 cm³/mol. The summed E-state index contributed by atoms with van der Waals surface area (Å²) >= 11 is 0. The second-order valence-corrected chi connectivity index (χ2v) is 6.06. The van der Waals surface area contributed by atoms with Gasteiger partial charge in [-0.05, 0) is 67.8 Å². The Morgan fingerprint density at radius 3 is 2.08 bits per heavy atom. The molecule has 2 aromatic carbocycles. The van der Waals surface area contributed by atoms with E-state index in [4.69, 9.17) is 0 Å². The molecule has 0 bridgehead atoms. The summed E-state index contributed by atoms with van der Waals surface area (Å²) in [7, 11) is 0. The highest BCUT2D eigenvalue weighted by Gasteiger charge is 2.08. The van der Waals surface area contributed by atoms with Crippen molar-refractivity contribution < 1.29 is 9.59 Å². The van der Waals surface area contributed by atoms with Crippen LogP contribution in [0, 0.1) is 13.8 Å². The molecule has 126 valence electrons. The normalized spacial score (nSPS) is 10.3. The lowest BCUT2D eigenvalue weighted by molar-refractivity contribution is -0.116. The number of carbonyl (C=O) groups excluding carboxylic acids is 2. The Hall–Kier alpha value is -2.62. The summed E-state index contributed by atoms with van der Waals surface area (Å²) in [6, 6.07) is 12.9. The van der Waals surface area contributed by atoms with E-state index in [1.165, 1.54) is 0 Å². The number of unbranched alkanes of at least 4 members (excludes halogenated alkanes) is 1. The van der Waals surface area contributed by atoms with Gasteiger partial charge in [-0.2, -0.15) is 0 Å². The van der Waals surface area contributed by atoms with Crippen molar-refractivity contribution in [3.63, 3.8) is 0 Å². The minimum atomic E-state index is -0.163. The van der Waals surface area contributed by atoms with Gasteiger partial charge in [0.05, 0.1) is 0 Å². The molecule has 0 aliphatic carbocycles. The van der Waals surface area contributed by atoms with Crippen molar-refractivity contribution in [2.75, 3.05) is 10.6 Å². The van der Waals surface area contributed by atoms with Crippen LogP contribution in [0.5, 0.6) is 0 Å². The van der Waals surface area contributed by atoms with Crippen molar-refractivity contribution in [3.05, 3.63) is 59.2 Å². The Balaban J connectivity index is 1.99. The van der Waals surface area contributed by atoms with Gasteiger partial charge in [-0.25, -0.2) is 0 Å². The van der Waals surface area contributed by atoms with Gasteiger partial charge >= 0.3 is 0 Å². The van der Waals surface area contributed by atoms with Gasteiger partial charge < -0.3 is 10.6 Å². The van der Waals surface area contributed by atoms with E-state index in [9.17, 15) is 9.59 Å². The molecule has 0 aromatic heterocycles. The third kappa shape index (κ3) is 5.23. The molecule has 0 spiro atoms. The van der Waals surface area contributed by atoms with Gasteiger partial charge in [0.2, 0.25) is 5.91 Å². The molecule has 2 aromatic rings. The molecule has 0 heterocycles. The Labute approximate surface area is 143 Å². The zero-order valence-electron chi connectivity index (χ0n) is 14.5. The van der Waals surface area contributed by atoms with Crippen molar-refractivity contribution in [1.29, 1.82) is 0 Å². The van der Waals surface area contributed by atoms with Gasteiger partial charge in [0.15, 0.2) is 0 Å². The minimum Gasteiger partial charge on any atom is -0.326 e. The summed E-state index contributed by atoms with van der Waals surface area (Å²) in [5.74, 6) is -0.159. The molecule has 0 saturated heterocycles. The Bertz CT molecular complexity index is 701. The highest BCUT2D eigenvalue weighted by molar-refractivity contribution is 6.04. The van der Waals surface area contributed by atoms with Crippen molar-refractivity contribution in [2.45, 2.75) is 40.0 Å². The van der Waals surface area contributed by atoms with Gasteiger partial charge in [0.25, 0.3) is 5.91 Å². The molecule has 0 saturated carbocycles. The second kappa shape index (κ2) is 8.29. The number of nitrogens with one attached hydrogen (secondary N) is 2. The largest absolute Gasteiger partial charge is 0.326 e. The van der Waals surface area contributed by atoms with Crippen molar-refractivity contribution in [1.82, 2.24) is 0 Å². The predicted octanol–water partition coefficient (Wildman–Crippen LogP) is 4.68. The molecule has 0 aliphatic heterocycles. The van der Waals surface area contributed by atoms with Gasteiger partial charge in [-0.1, -0.05) is 19.4 Å². The summed E-state index contributed by atoms with van der Waals surface area (Å²) in [6.07, 6.45) is 2.39. The van der Waals surface area contributed by atoms with Crippen molar-refractivity contribution in [2.24, 2.45) is 0 Å². The van der Waals surface area contributed by atoms with Crippen LogP contribution < -0.4 is 10.6 Å². The third-order valence-corrected chi connectivity index (χ3v) is 3.67. The molecule has 4 heteroatoms. The van der Waals surface area contributed by atoms with E-state index in [2.05, 4.69) is 23.6 Å². The monoisotopic (exact) mass is 324 g/mol. The van der Waals surface area contributed by atoms with Crippen LogP contribution >= 0.6 is 0 Å². The molecule has 2 amide bonds. The highest BCUT2D eigenvalue weighted by Crippen LogP contribution is 2.16. The zero-order chi connectivity index (χ0) is 17.5. The lowest BCUT2D eigenvalue weighted by Gasteiger charge is -2.09. The van der Waals surface area contributed by atoms with Crippen LogP contribution in [-0.2, 0) is 4.79 Å². The number of benzene rings is 2. The molecule has 0 atom stereocenters. The average molecular weight is 324 g/mol. The average Bonchev–Trinajstić information content (AvgIpc) is 2.52. The Morgan fingerprint density at radius 2 is 1.50 bits per heavy atom. The Kier molecular flexibility index (Phi) is 6.13. The molecule has 4 nitrogen and oxygen atoms in total. The van der Waals surface area contributed by atoms with E-state index in [-0.39, 0.29) is 11.8 Å². The number of hydrogen-bond donors (Lipinski definition) is 2. The molecule has 24 heavy (non-hydrogen) atoms. The van der Waals surface area contributed by atoms with Crippen LogP contribution in [0.2, 0.25) is 0 Å². The number of anilines is 2. The third-order valence-electron chi connectivity index (χ3n) is 3.67. The molecule has 0 aliphatic rings. The van der Waals surface area contributed by atoms with Crippen LogP contribution in [0.25, 0.3) is 0 Å². The standard InChI is InChI=1S/C20H24N2O2/c1-4-5-6-19(23)21-17-9-7-16(8-10-17)20(24)22-18-12-14(2)11-15(3)13-18/h7-13H,4-6H2,1-3H3,(H,21,23)(H,22,24). The maximum Gasteiger partial charge on any atom is 0.255 e. The van der Waals surface area contributed by atoms with Crippen LogP contribution in [-0.4, -0.2) is 11.8 Å². The topological polar surface area (TPSA) is 58.2 Å². The molecular formula is C20H24N2O2. The molecule has 0 unspecified atom stereocenters. The fourth-order valence-electron chi connectivity index (χ4n) is 2.52. The van der Waals surface area contributed by atoms with Crippen LogP contribution in [0.15, 0.2) is 42.5 Å². The van der Waals surface area contributed by atoms with E-state index >= 15 is 0 Å². The lowest BCUT2D eigenvalue weighted by atomic mass is 10.1. The summed E-state index contributed by atoms with van der Waals surface area (Å²) in [6.45, 7) is 6.05. The highest BCUT2D eigenvalue weighted by atomic mass is 16.2. The molecule has 2 rings (SSSR count). The van der Waals surface area contributed by atoms with E-state index < -0.39 is 0 Å². The summed E-state index contributed by atoms with van der Waals surface area (Å²) in [4.78, 5) is 24.0. The van der Waals surface area contributed by atoms with E-state index in [1.54, 1.807) is 24.3 Å². The first kappa shape index (κ1) is 17.7. The fourth-order valence-corrected chi connectivity index (χ4v) is 2.52. The quantitative estimate of drug-likeness (QED) is 0.810. The van der Waals surface area contributed by atoms with E-state index in [0.29, 0.717) is 17.7 Å². The van der Waals surface area contributed by atoms with E-state index in [0.717, 1.165) is 29.7 Å².